The Morgan fingerprint density at radius 3 is 2.39 bits per heavy atom. The van der Waals surface area contributed by atoms with Gasteiger partial charge in [0.25, 0.3) is 0 Å². The van der Waals surface area contributed by atoms with Crippen molar-refractivity contribution in [1.29, 1.82) is 0 Å². The van der Waals surface area contributed by atoms with Gasteiger partial charge in [-0.1, -0.05) is 48.0 Å². The van der Waals surface area contributed by atoms with Gasteiger partial charge >= 0.3 is 0 Å². The molecule has 0 spiro atoms. The van der Waals surface area contributed by atoms with Gasteiger partial charge < -0.3 is 10.5 Å². The predicted octanol–water partition coefficient (Wildman–Crippen LogP) is 6.59. The molecular weight excluding hydrogens is 525 g/mol. The van der Waals surface area contributed by atoms with Gasteiger partial charge in [0.15, 0.2) is 5.96 Å². The number of carbonyl (C=O) groups is 1. The molecule has 4 rings (SSSR count). The number of amides is 1. The van der Waals surface area contributed by atoms with E-state index >= 15 is 0 Å². The van der Waals surface area contributed by atoms with Crippen molar-refractivity contribution in [3.63, 3.8) is 0 Å². The molecule has 1 aromatic rings. The van der Waals surface area contributed by atoms with Crippen molar-refractivity contribution in [3.8, 4) is 18.6 Å². The fraction of sp³-hybridized carbons (Fsp3) is 0.500. The normalized spacial score (nSPS) is 20.4. The number of guanidine groups is 1. The third-order valence-electron chi connectivity index (χ3n) is 5.74. The van der Waals surface area contributed by atoms with Gasteiger partial charge in [-0.15, -0.1) is 17.8 Å². The molecule has 1 unspecified atom stereocenters. The molecule has 1 saturated carbocycles. The summed E-state index contributed by atoms with van der Waals surface area (Å²) in [5.41, 5.74) is 8.34. The lowest BCUT2D eigenvalue weighted by molar-refractivity contribution is -0.129. The first-order chi connectivity index (χ1) is 17.8. The smallest absolute Gasteiger partial charge is 0.231 e. The number of terminal acetylenes is 1. The van der Waals surface area contributed by atoms with E-state index in [2.05, 4.69) is 35.1 Å². The van der Waals surface area contributed by atoms with Gasteiger partial charge in [0.05, 0.1) is 28.3 Å². The number of fused-ring (bicyclic) bond motifs is 1. The molecular formula is C28H39Cl2N5O3. The van der Waals surface area contributed by atoms with Gasteiger partial charge in [0, 0.05) is 23.6 Å². The lowest BCUT2D eigenvalue weighted by Crippen LogP contribution is -2.50. The zero-order valence-electron chi connectivity index (χ0n) is 22.8. The van der Waals surface area contributed by atoms with E-state index < -0.39 is 5.60 Å². The Balaban J connectivity index is 0.000000310. The van der Waals surface area contributed by atoms with E-state index in [1.807, 2.05) is 46.8 Å². The highest BCUT2D eigenvalue weighted by atomic mass is 35.5. The van der Waals surface area contributed by atoms with Crippen molar-refractivity contribution in [2.45, 2.75) is 77.5 Å². The minimum absolute atomic E-state index is 0.120. The molecule has 2 heterocycles. The van der Waals surface area contributed by atoms with Gasteiger partial charge in [0.2, 0.25) is 5.91 Å². The minimum atomic E-state index is -0.410. The average molecular weight is 565 g/mol. The van der Waals surface area contributed by atoms with Gasteiger partial charge in [0.1, 0.15) is 11.4 Å². The Labute approximate surface area is 236 Å². The standard InChI is InChI=1S/C11H12Cl2N2O2.C10H17N3O.C5H8.C2H2/c1-11(2)5-9(14-15-16)7-3-6(12)4-8(13)10(7)17-11;1-10(2)5-8(14)13(9(11)12-10)6-7-3-4-7;1-3-5-4-2;1-2/h3-4,9H,5H2,1-2H3,(H,14,16);7H,3-6H2,1-2H3,(H2,11,12);3-5H,1H2,2H3;1-2H/b;;5-4-;. The van der Waals surface area contributed by atoms with E-state index in [0.29, 0.717) is 40.5 Å². The zero-order chi connectivity index (χ0) is 29.1. The molecule has 10 heteroatoms. The molecule has 1 atom stereocenters. The largest absolute Gasteiger partial charge is 0.486 e. The Morgan fingerprint density at radius 2 is 1.92 bits per heavy atom. The number of aliphatic imine (C=N–C) groups is 1. The fourth-order valence-electron chi connectivity index (χ4n) is 3.94. The quantitative estimate of drug-likeness (QED) is 0.182. The number of nitrogens with zero attached hydrogens (tertiary/aromatic N) is 3. The van der Waals surface area contributed by atoms with E-state index in [4.69, 9.17) is 33.7 Å². The lowest BCUT2D eigenvalue weighted by atomic mass is 9.90. The first-order valence-corrected chi connectivity index (χ1v) is 13.1. The Bertz CT molecular complexity index is 1060. The highest BCUT2D eigenvalue weighted by molar-refractivity contribution is 6.35. The molecule has 2 aliphatic heterocycles. The second-order valence-electron chi connectivity index (χ2n) is 10.3. The van der Waals surface area contributed by atoms with E-state index in [1.165, 1.54) is 12.8 Å². The fourth-order valence-corrected chi connectivity index (χ4v) is 4.49. The topological polar surface area (TPSA) is 109 Å². The van der Waals surface area contributed by atoms with E-state index in [9.17, 15) is 9.70 Å². The number of nitroso groups, excluding NO2 is 1. The number of carbonyl (C=O) groups excluding carboxylic acids is 1. The van der Waals surface area contributed by atoms with E-state index in [0.717, 1.165) is 12.1 Å². The predicted molar refractivity (Wildman–Crippen MR) is 157 cm³/mol. The van der Waals surface area contributed by atoms with Crippen molar-refractivity contribution in [3.05, 3.63) is 57.5 Å². The molecule has 0 saturated heterocycles. The Kier molecular flexibility index (Phi) is 12.9. The molecule has 0 aromatic heterocycles. The number of halogens is 2. The summed E-state index contributed by atoms with van der Waals surface area (Å²) in [7, 11) is 0. The van der Waals surface area contributed by atoms with Crippen LogP contribution < -0.4 is 15.9 Å². The van der Waals surface area contributed by atoms with Crippen LogP contribution in [-0.2, 0) is 4.79 Å². The number of nitrogens with one attached hydrogen (secondary N) is 1. The number of nitrogens with two attached hydrogens (primary N) is 1. The molecule has 3 N–H and O–H groups in total. The van der Waals surface area contributed by atoms with Crippen LogP contribution in [0.3, 0.4) is 0 Å². The third kappa shape index (κ3) is 10.4. The highest BCUT2D eigenvalue weighted by Gasteiger charge is 2.36. The first kappa shape index (κ1) is 33.0. The van der Waals surface area contributed by atoms with Gasteiger partial charge in [-0.05, 0) is 65.5 Å². The maximum Gasteiger partial charge on any atom is 0.231 e. The van der Waals surface area contributed by atoms with Gasteiger partial charge in [-0.2, -0.15) is 0 Å². The molecule has 38 heavy (non-hydrogen) atoms. The SMILES string of the molecule is C#C.C=C/C=C\C.CC1(C)CC(=O)N(CC2CC2)C(N)=N1.CC1(C)CC(NN=O)c2cc(Cl)cc(Cl)c2O1. The van der Waals surface area contributed by atoms with Crippen LogP contribution in [0.15, 0.2) is 47.2 Å². The van der Waals surface area contributed by atoms with Crippen LogP contribution in [0.25, 0.3) is 0 Å². The summed E-state index contributed by atoms with van der Waals surface area (Å²) in [6, 6.07) is 3.12. The second-order valence-corrected chi connectivity index (χ2v) is 11.2. The van der Waals surface area contributed by atoms with Crippen molar-refractivity contribution < 1.29 is 9.53 Å². The van der Waals surface area contributed by atoms with Gasteiger partial charge in [-0.25, -0.2) is 4.99 Å². The Morgan fingerprint density at radius 1 is 1.29 bits per heavy atom. The van der Waals surface area contributed by atoms with Crippen molar-refractivity contribution >= 4 is 35.1 Å². The molecule has 208 valence electrons. The van der Waals surface area contributed by atoms with Crippen molar-refractivity contribution in [2.24, 2.45) is 21.9 Å². The number of ether oxygens (including phenoxy) is 1. The summed E-state index contributed by atoms with van der Waals surface area (Å²) in [4.78, 5) is 28.1. The van der Waals surface area contributed by atoms with Crippen LogP contribution in [-0.4, -0.2) is 34.5 Å². The third-order valence-corrected chi connectivity index (χ3v) is 6.24. The van der Waals surface area contributed by atoms with Crippen molar-refractivity contribution in [2.75, 3.05) is 6.54 Å². The molecule has 8 nitrogen and oxygen atoms in total. The summed E-state index contributed by atoms with van der Waals surface area (Å²) in [5.74, 6) is 1.75. The van der Waals surface area contributed by atoms with Crippen LogP contribution in [0.2, 0.25) is 10.0 Å². The zero-order valence-corrected chi connectivity index (χ0v) is 24.4. The molecule has 1 fully saturated rings. The van der Waals surface area contributed by atoms with Crippen LogP contribution >= 0.6 is 23.2 Å². The summed E-state index contributed by atoms with van der Waals surface area (Å²) < 4.78 is 5.81. The molecule has 1 aliphatic carbocycles. The summed E-state index contributed by atoms with van der Waals surface area (Å²) in [6.45, 7) is 13.9. The maximum absolute atomic E-state index is 11.7. The first-order valence-electron chi connectivity index (χ1n) is 12.3. The number of hydrogen-bond donors (Lipinski definition) is 2. The second kappa shape index (κ2) is 14.8. The minimum Gasteiger partial charge on any atom is -0.486 e. The lowest BCUT2D eigenvalue weighted by Gasteiger charge is -2.37. The van der Waals surface area contributed by atoms with Crippen LogP contribution in [0.4, 0.5) is 0 Å². The number of benzene rings is 1. The molecule has 0 radical (unpaired) electrons. The molecule has 3 aliphatic rings. The van der Waals surface area contributed by atoms with E-state index in [-0.39, 0.29) is 17.5 Å². The highest BCUT2D eigenvalue weighted by Crippen LogP contribution is 2.44. The van der Waals surface area contributed by atoms with Crippen LogP contribution in [0.1, 0.15) is 71.9 Å². The van der Waals surface area contributed by atoms with Crippen LogP contribution in [0.5, 0.6) is 5.75 Å². The molecule has 1 amide bonds. The monoisotopic (exact) mass is 563 g/mol. The molecule has 0 bridgehead atoms. The molecule has 1 aromatic carbocycles. The van der Waals surface area contributed by atoms with Gasteiger partial charge in [-0.3, -0.25) is 15.1 Å². The maximum atomic E-state index is 11.7. The Hall–Kier alpha value is -3.02. The summed E-state index contributed by atoms with van der Waals surface area (Å²) in [6.07, 6.45) is 17.1. The summed E-state index contributed by atoms with van der Waals surface area (Å²) >= 11 is 12.0. The van der Waals surface area contributed by atoms with Crippen LogP contribution in [0, 0.1) is 23.7 Å². The van der Waals surface area contributed by atoms with Crippen molar-refractivity contribution in [1.82, 2.24) is 10.3 Å². The number of rotatable bonds is 5. The average Bonchev–Trinajstić information content (AvgIpc) is 3.64. The van der Waals surface area contributed by atoms with E-state index in [1.54, 1.807) is 23.1 Å². The number of allylic oxidation sites excluding steroid dienone is 3. The number of hydrogen-bond acceptors (Lipinski definition) is 6. The summed E-state index contributed by atoms with van der Waals surface area (Å²) in [5, 5.41) is 3.69.